The molecule has 0 fully saturated rings. The second-order valence-electron chi connectivity index (χ2n) is 5.25. The average Bonchev–Trinajstić information content (AvgIpc) is 2.55. The summed E-state index contributed by atoms with van der Waals surface area (Å²) in [5, 5.41) is 4.12. The van der Waals surface area contributed by atoms with Crippen LogP contribution in [-0.4, -0.2) is 41.6 Å². The molecule has 1 aromatic heterocycles. The maximum Gasteiger partial charge on any atom is 0.225 e. The topological polar surface area (TPSA) is 50.3 Å². The molecule has 0 amide bonds. The Balaban J connectivity index is 1.53. The minimum absolute atomic E-state index is 0.569. The second-order valence-corrected chi connectivity index (χ2v) is 5.66. The van der Waals surface area contributed by atoms with Gasteiger partial charge in [0.2, 0.25) is 11.8 Å². The highest BCUT2D eigenvalue weighted by Gasteiger charge is 2.17. The van der Waals surface area contributed by atoms with Gasteiger partial charge in [-0.3, -0.25) is 4.90 Å². The molecule has 0 bridgehead atoms. The van der Waals surface area contributed by atoms with Gasteiger partial charge >= 0.3 is 0 Å². The molecule has 3 rings (SSSR count). The molecular weight excluding hydrogens is 300 g/mol. The van der Waals surface area contributed by atoms with Crippen molar-refractivity contribution < 1.29 is 4.74 Å². The number of nitrogens with one attached hydrogen (secondary N) is 1. The van der Waals surface area contributed by atoms with Gasteiger partial charge in [-0.05, 0) is 23.6 Å². The molecule has 1 aliphatic heterocycles. The van der Waals surface area contributed by atoms with Crippen molar-refractivity contribution in [3.63, 3.8) is 0 Å². The minimum atomic E-state index is 0.569. The van der Waals surface area contributed by atoms with Crippen LogP contribution in [0, 0.1) is 0 Å². The van der Waals surface area contributed by atoms with Crippen molar-refractivity contribution in [3.8, 4) is 5.88 Å². The molecule has 0 spiro atoms. The van der Waals surface area contributed by atoms with Gasteiger partial charge in [0.25, 0.3) is 0 Å². The maximum absolute atomic E-state index is 6.24. The highest BCUT2D eigenvalue weighted by atomic mass is 35.5. The Morgan fingerprint density at radius 2 is 2.27 bits per heavy atom. The molecule has 2 heterocycles. The van der Waals surface area contributed by atoms with Crippen LogP contribution in [0.15, 0.2) is 30.5 Å². The quantitative estimate of drug-likeness (QED) is 0.918. The number of hydrogen-bond donors (Lipinski definition) is 1. The van der Waals surface area contributed by atoms with Crippen LogP contribution in [0.25, 0.3) is 0 Å². The van der Waals surface area contributed by atoms with Gasteiger partial charge in [-0.25, -0.2) is 4.98 Å². The monoisotopic (exact) mass is 318 g/mol. The lowest BCUT2D eigenvalue weighted by molar-refractivity contribution is 0.264. The molecule has 1 aliphatic rings. The summed E-state index contributed by atoms with van der Waals surface area (Å²) in [5.74, 6) is 1.17. The Morgan fingerprint density at radius 1 is 1.36 bits per heavy atom. The summed E-state index contributed by atoms with van der Waals surface area (Å²) in [7, 11) is 1.60. The fraction of sp³-hybridized carbons (Fsp3) is 0.375. The van der Waals surface area contributed by atoms with Crippen LogP contribution in [0.1, 0.15) is 11.1 Å². The van der Waals surface area contributed by atoms with E-state index in [1.165, 1.54) is 11.1 Å². The lowest BCUT2D eigenvalue weighted by Crippen LogP contribution is -2.34. The summed E-state index contributed by atoms with van der Waals surface area (Å²) in [6.45, 7) is 3.70. The van der Waals surface area contributed by atoms with Crippen molar-refractivity contribution in [2.24, 2.45) is 0 Å². The van der Waals surface area contributed by atoms with Crippen LogP contribution in [0.3, 0.4) is 0 Å². The number of benzene rings is 1. The first-order valence-corrected chi connectivity index (χ1v) is 7.73. The zero-order chi connectivity index (χ0) is 15.4. The average molecular weight is 319 g/mol. The maximum atomic E-state index is 6.24. The van der Waals surface area contributed by atoms with E-state index in [0.29, 0.717) is 11.8 Å². The SMILES string of the molecule is COc1ccnc(NCCN2CCc3c(Cl)cccc3C2)n1. The number of hydrogen-bond acceptors (Lipinski definition) is 5. The first-order chi connectivity index (χ1) is 10.8. The smallest absolute Gasteiger partial charge is 0.225 e. The van der Waals surface area contributed by atoms with Crippen LogP contribution in [0.2, 0.25) is 5.02 Å². The summed E-state index contributed by atoms with van der Waals surface area (Å²) in [5.41, 5.74) is 2.63. The highest BCUT2D eigenvalue weighted by Crippen LogP contribution is 2.25. The first-order valence-electron chi connectivity index (χ1n) is 7.36. The third-order valence-electron chi connectivity index (χ3n) is 3.84. The summed E-state index contributed by atoms with van der Waals surface area (Å²) >= 11 is 6.24. The summed E-state index contributed by atoms with van der Waals surface area (Å²) < 4.78 is 5.09. The Hall–Kier alpha value is -1.85. The molecule has 1 aromatic carbocycles. The number of fused-ring (bicyclic) bond motifs is 1. The van der Waals surface area contributed by atoms with Gasteiger partial charge in [-0.2, -0.15) is 4.98 Å². The van der Waals surface area contributed by atoms with Gasteiger partial charge in [0.1, 0.15) is 0 Å². The van der Waals surface area contributed by atoms with Crippen molar-refractivity contribution in [2.75, 3.05) is 32.1 Å². The van der Waals surface area contributed by atoms with Gasteiger partial charge in [-0.15, -0.1) is 0 Å². The molecule has 5 nitrogen and oxygen atoms in total. The van der Waals surface area contributed by atoms with E-state index in [9.17, 15) is 0 Å². The number of rotatable bonds is 5. The Labute approximate surface area is 135 Å². The molecule has 116 valence electrons. The van der Waals surface area contributed by atoms with Gasteiger partial charge < -0.3 is 10.1 Å². The van der Waals surface area contributed by atoms with Crippen molar-refractivity contribution >= 4 is 17.5 Å². The van der Waals surface area contributed by atoms with Gasteiger partial charge in [-0.1, -0.05) is 23.7 Å². The third-order valence-corrected chi connectivity index (χ3v) is 4.19. The zero-order valence-corrected chi connectivity index (χ0v) is 13.3. The lowest BCUT2D eigenvalue weighted by atomic mass is 10.00. The Morgan fingerprint density at radius 3 is 3.14 bits per heavy atom. The molecule has 6 heteroatoms. The van der Waals surface area contributed by atoms with Crippen molar-refractivity contribution in [1.29, 1.82) is 0 Å². The first kappa shape index (κ1) is 15.1. The predicted octanol–water partition coefficient (Wildman–Crippen LogP) is 2.61. The standard InChI is InChI=1S/C16H19ClN4O/c1-22-15-5-7-18-16(20-15)19-8-10-21-9-6-13-12(11-21)3-2-4-14(13)17/h2-5,7H,6,8-11H2,1H3,(H,18,19,20). The number of nitrogens with zero attached hydrogens (tertiary/aromatic N) is 3. The van der Waals surface area contributed by atoms with Gasteiger partial charge in [0.15, 0.2) is 0 Å². The molecule has 1 N–H and O–H groups in total. The van der Waals surface area contributed by atoms with Crippen molar-refractivity contribution in [1.82, 2.24) is 14.9 Å². The molecular formula is C16H19ClN4O. The lowest BCUT2D eigenvalue weighted by Gasteiger charge is -2.29. The molecule has 0 unspecified atom stereocenters. The summed E-state index contributed by atoms with van der Waals surface area (Å²) in [6.07, 6.45) is 2.69. The molecule has 0 aliphatic carbocycles. The van der Waals surface area contributed by atoms with E-state index < -0.39 is 0 Å². The fourth-order valence-electron chi connectivity index (χ4n) is 2.68. The number of methoxy groups -OCH3 is 1. The molecule has 0 saturated carbocycles. The van der Waals surface area contributed by atoms with Crippen LogP contribution < -0.4 is 10.1 Å². The van der Waals surface area contributed by atoms with Crippen molar-refractivity contribution in [2.45, 2.75) is 13.0 Å². The van der Waals surface area contributed by atoms with Gasteiger partial charge in [0.05, 0.1) is 7.11 Å². The van der Waals surface area contributed by atoms with E-state index in [0.717, 1.165) is 37.6 Å². The normalized spacial score (nSPS) is 14.5. The number of aromatic nitrogens is 2. The number of halogens is 1. The van der Waals surface area contributed by atoms with Crippen LogP contribution in [0.5, 0.6) is 5.88 Å². The van der Waals surface area contributed by atoms with E-state index >= 15 is 0 Å². The van der Waals surface area contributed by atoms with E-state index in [4.69, 9.17) is 16.3 Å². The number of ether oxygens (including phenoxy) is 1. The third kappa shape index (κ3) is 3.48. The zero-order valence-electron chi connectivity index (χ0n) is 12.6. The molecule has 2 aromatic rings. The van der Waals surface area contributed by atoms with Crippen molar-refractivity contribution in [3.05, 3.63) is 46.6 Å². The second kappa shape index (κ2) is 6.94. The Bertz CT molecular complexity index is 650. The van der Waals surface area contributed by atoms with Crippen LogP contribution in [0.4, 0.5) is 5.95 Å². The predicted molar refractivity (Wildman–Crippen MR) is 87.5 cm³/mol. The summed E-state index contributed by atoms with van der Waals surface area (Å²) in [4.78, 5) is 10.8. The van der Waals surface area contributed by atoms with E-state index in [-0.39, 0.29) is 0 Å². The van der Waals surface area contributed by atoms with Crippen LogP contribution in [-0.2, 0) is 13.0 Å². The molecule has 22 heavy (non-hydrogen) atoms. The Kier molecular flexibility index (Phi) is 4.75. The van der Waals surface area contributed by atoms with Gasteiger partial charge in [0, 0.05) is 43.5 Å². The molecule has 0 atom stereocenters. The largest absolute Gasteiger partial charge is 0.481 e. The molecule has 0 saturated heterocycles. The molecule has 0 radical (unpaired) electrons. The number of anilines is 1. The minimum Gasteiger partial charge on any atom is -0.481 e. The van der Waals surface area contributed by atoms with Crippen LogP contribution >= 0.6 is 11.6 Å². The van der Waals surface area contributed by atoms with E-state index in [1.807, 2.05) is 12.1 Å². The highest BCUT2D eigenvalue weighted by molar-refractivity contribution is 6.31. The van der Waals surface area contributed by atoms with E-state index in [2.05, 4.69) is 26.3 Å². The van der Waals surface area contributed by atoms with E-state index in [1.54, 1.807) is 19.4 Å². The summed E-state index contributed by atoms with van der Waals surface area (Å²) in [6, 6.07) is 7.88. The fourth-order valence-corrected chi connectivity index (χ4v) is 2.97.